The van der Waals surface area contributed by atoms with Crippen LogP contribution in [0.15, 0.2) is 11.2 Å². The fourth-order valence-electron chi connectivity index (χ4n) is 2.06. The molecule has 1 fully saturated rings. The van der Waals surface area contributed by atoms with Crippen LogP contribution in [0.3, 0.4) is 0 Å². The molecule has 1 aliphatic carbocycles. The summed E-state index contributed by atoms with van der Waals surface area (Å²) in [6, 6.07) is 2.19. The second-order valence-electron chi connectivity index (χ2n) is 4.75. The summed E-state index contributed by atoms with van der Waals surface area (Å²) in [6.07, 6.45) is 4.61. The second kappa shape index (κ2) is 4.56. The largest absolute Gasteiger partial charge is 0.333 e. The van der Waals surface area contributed by atoms with Crippen LogP contribution in [-0.2, 0) is 22.0 Å². The lowest BCUT2D eigenvalue weighted by Crippen LogP contribution is -2.12. The Morgan fingerprint density at radius 1 is 1.61 bits per heavy atom. The molecule has 0 radical (unpaired) electrons. The van der Waals surface area contributed by atoms with Gasteiger partial charge in [0.1, 0.15) is 5.82 Å². The summed E-state index contributed by atoms with van der Waals surface area (Å²) in [5, 5.41) is 8.69. The zero-order valence-corrected chi connectivity index (χ0v) is 11.6. The summed E-state index contributed by atoms with van der Waals surface area (Å²) >= 11 is 0. The van der Waals surface area contributed by atoms with Crippen LogP contribution in [0.1, 0.15) is 32.0 Å². The lowest BCUT2D eigenvalue weighted by Gasteiger charge is -2.13. The highest BCUT2D eigenvalue weighted by atomic mass is 35.7. The molecule has 1 aliphatic rings. The van der Waals surface area contributed by atoms with Gasteiger partial charge in [0.05, 0.1) is 6.07 Å². The van der Waals surface area contributed by atoms with Crippen LogP contribution in [0, 0.1) is 16.7 Å². The Morgan fingerprint density at radius 2 is 2.28 bits per heavy atom. The van der Waals surface area contributed by atoms with E-state index in [2.05, 4.69) is 11.1 Å². The highest BCUT2D eigenvalue weighted by Gasteiger charge is 2.43. The molecule has 0 spiro atoms. The monoisotopic (exact) mass is 287 g/mol. The molecule has 1 aromatic rings. The zero-order chi connectivity index (χ0) is 13.4. The highest BCUT2D eigenvalue weighted by molar-refractivity contribution is 8.13. The van der Waals surface area contributed by atoms with Crippen molar-refractivity contribution in [2.75, 3.05) is 0 Å². The fourth-order valence-corrected chi connectivity index (χ4v) is 2.75. The van der Waals surface area contributed by atoms with Crippen molar-refractivity contribution in [3.8, 4) is 6.07 Å². The molecule has 0 aromatic carbocycles. The molecule has 7 heteroatoms. The molecular formula is C11H14ClN3O2S. The maximum Gasteiger partial charge on any atom is 0.280 e. The summed E-state index contributed by atoms with van der Waals surface area (Å²) < 4.78 is 24.3. The first-order chi connectivity index (χ1) is 8.40. The van der Waals surface area contributed by atoms with Gasteiger partial charge in [-0.2, -0.15) is 5.26 Å². The van der Waals surface area contributed by atoms with Crippen molar-refractivity contribution >= 4 is 19.7 Å². The van der Waals surface area contributed by atoms with E-state index in [9.17, 15) is 8.42 Å². The third kappa shape index (κ3) is 2.68. The average molecular weight is 288 g/mol. The summed E-state index contributed by atoms with van der Waals surface area (Å²) in [4.78, 5) is 4.03. The van der Waals surface area contributed by atoms with E-state index in [0.29, 0.717) is 25.2 Å². The summed E-state index contributed by atoms with van der Waals surface area (Å²) in [6.45, 7) is 2.55. The van der Waals surface area contributed by atoms with Gasteiger partial charge in [-0.15, -0.1) is 0 Å². The number of nitriles is 1. The predicted octanol–water partition coefficient (Wildman–Crippen LogP) is 2.07. The Morgan fingerprint density at radius 3 is 2.72 bits per heavy atom. The Kier molecular flexibility index (Phi) is 3.39. The Hall–Kier alpha value is -1.06. The summed E-state index contributed by atoms with van der Waals surface area (Å²) in [5.74, 6) is 0.693. The first kappa shape index (κ1) is 13.4. The Bertz CT molecular complexity index is 596. The first-order valence-electron chi connectivity index (χ1n) is 5.78. The minimum absolute atomic E-state index is 0.00666. The number of hydrogen-bond acceptors (Lipinski definition) is 4. The van der Waals surface area contributed by atoms with Crippen LogP contribution in [0.4, 0.5) is 0 Å². The molecule has 1 heterocycles. The van der Waals surface area contributed by atoms with E-state index in [4.69, 9.17) is 15.9 Å². The zero-order valence-electron chi connectivity index (χ0n) is 10.1. The lowest BCUT2D eigenvalue weighted by atomic mass is 10.0. The van der Waals surface area contributed by atoms with Gasteiger partial charge in [-0.25, -0.2) is 13.4 Å². The number of imidazole rings is 1. The number of rotatable bonds is 5. The molecule has 0 saturated heterocycles. The number of aromatic nitrogens is 2. The first-order valence-corrected chi connectivity index (χ1v) is 8.09. The van der Waals surface area contributed by atoms with Crippen molar-refractivity contribution in [1.29, 1.82) is 5.26 Å². The Balaban J connectivity index is 2.28. The summed E-state index contributed by atoms with van der Waals surface area (Å²) in [7, 11) is 1.51. The third-order valence-electron chi connectivity index (χ3n) is 3.32. The molecule has 0 amide bonds. The van der Waals surface area contributed by atoms with Crippen molar-refractivity contribution < 1.29 is 8.42 Å². The van der Waals surface area contributed by atoms with Crippen molar-refractivity contribution in [3.05, 3.63) is 12.0 Å². The lowest BCUT2D eigenvalue weighted by molar-refractivity contribution is 0.422. The predicted molar refractivity (Wildman–Crippen MR) is 66.5 cm³/mol. The maximum atomic E-state index is 11.3. The van der Waals surface area contributed by atoms with Crippen LogP contribution in [0.25, 0.3) is 0 Å². The van der Waals surface area contributed by atoms with Gasteiger partial charge < -0.3 is 4.57 Å². The molecule has 0 unspecified atom stereocenters. The average Bonchev–Trinajstić information content (AvgIpc) is 2.89. The SMILES string of the molecule is CCc1nc(S(=O)(=O)Cl)cn1CC1(CC#N)CC1. The van der Waals surface area contributed by atoms with Crippen molar-refractivity contribution in [2.45, 2.75) is 44.2 Å². The van der Waals surface area contributed by atoms with Crippen molar-refractivity contribution in [1.82, 2.24) is 9.55 Å². The number of halogens is 1. The van der Waals surface area contributed by atoms with Crippen molar-refractivity contribution in [3.63, 3.8) is 0 Å². The quantitative estimate of drug-likeness (QED) is 0.777. The van der Waals surface area contributed by atoms with Crippen LogP contribution in [0.2, 0.25) is 0 Å². The number of aryl methyl sites for hydroxylation is 1. The van der Waals surface area contributed by atoms with Gasteiger partial charge in [0.2, 0.25) is 0 Å². The van der Waals surface area contributed by atoms with Crippen molar-refractivity contribution in [2.24, 2.45) is 5.41 Å². The van der Waals surface area contributed by atoms with E-state index in [0.717, 1.165) is 12.8 Å². The number of hydrogen-bond donors (Lipinski definition) is 0. The van der Waals surface area contributed by atoms with Gasteiger partial charge in [-0.1, -0.05) is 6.92 Å². The molecule has 0 aliphatic heterocycles. The van der Waals surface area contributed by atoms with Crippen LogP contribution < -0.4 is 0 Å². The van der Waals surface area contributed by atoms with E-state index in [1.54, 1.807) is 0 Å². The molecule has 1 aromatic heterocycles. The molecule has 0 bridgehead atoms. The minimum Gasteiger partial charge on any atom is -0.333 e. The van der Waals surface area contributed by atoms with Gasteiger partial charge in [-0.3, -0.25) is 0 Å². The maximum absolute atomic E-state index is 11.3. The van der Waals surface area contributed by atoms with E-state index >= 15 is 0 Å². The highest BCUT2D eigenvalue weighted by Crippen LogP contribution is 2.50. The van der Waals surface area contributed by atoms with Gasteiger partial charge in [0.15, 0.2) is 5.03 Å². The second-order valence-corrected chi connectivity index (χ2v) is 7.26. The van der Waals surface area contributed by atoms with E-state index in [1.807, 2.05) is 11.5 Å². The molecule has 18 heavy (non-hydrogen) atoms. The standard InChI is InChI=1S/C11H14ClN3O2S/c1-2-9-14-10(18(12,16)17)7-15(9)8-11(3-4-11)5-6-13/h7H,2-5,8H2,1H3. The minimum atomic E-state index is -3.79. The van der Waals surface area contributed by atoms with Gasteiger partial charge in [-0.05, 0) is 12.8 Å². The van der Waals surface area contributed by atoms with E-state index < -0.39 is 9.05 Å². The van der Waals surface area contributed by atoms with E-state index in [1.165, 1.54) is 6.20 Å². The normalized spacial score (nSPS) is 17.4. The molecule has 0 N–H and O–H groups in total. The molecule has 5 nitrogen and oxygen atoms in total. The van der Waals surface area contributed by atoms with Gasteiger partial charge in [0, 0.05) is 41.7 Å². The molecule has 1 saturated carbocycles. The van der Waals surface area contributed by atoms with Crippen LogP contribution >= 0.6 is 10.7 Å². The Labute approximate surface area is 111 Å². The fraction of sp³-hybridized carbons (Fsp3) is 0.636. The molecule has 98 valence electrons. The molecule has 2 rings (SSSR count). The number of nitrogens with zero attached hydrogens (tertiary/aromatic N) is 3. The van der Waals surface area contributed by atoms with Crippen LogP contribution in [0.5, 0.6) is 0 Å². The van der Waals surface area contributed by atoms with Crippen LogP contribution in [-0.4, -0.2) is 18.0 Å². The molecule has 0 atom stereocenters. The smallest absolute Gasteiger partial charge is 0.280 e. The summed E-state index contributed by atoms with van der Waals surface area (Å²) in [5.41, 5.74) is 0.00666. The molecular weight excluding hydrogens is 274 g/mol. The third-order valence-corrected chi connectivity index (χ3v) is 4.49. The van der Waals surface area contributed by atoms with Gasteiger partial charge >= 0.3 is 0 Å². The van der Waals surface area contributed by atoms with E-state index in [-0.39, 0.29) is 10.4 Å². The topological polar surface area (TPSA) is 75.8 Å². The van der Waals surface area contributed by atoms with Gasteiger partial charge in [0.25, 0.3) is 9.05 Å².